The molecule has 4 heteroatoms. The molecule has 2 heterocycles. The first-order valence-electron chi connectivity index (χ1n) is 5.50. The minimum Gasteiger partial charge on any atom is -0.375 e. The van der Waals surface area contributed by atoms with Crippen molar-refractivity contribution in [2.45, 2.75) is 25.2 Å². The third-order valence-corrected chi connectivity index (χ3v) is 3.99. The molecule has 0 bridgehead atoms. The average Bonchev–Trinajstić information content (AvgIpc) is 2.63. The van der Waals surface area contributed by atoms with E-state index in [9.17, 15) is 0 Å². The Balaban J connectivity index is 1.95. The molecule has 1 aliphatic carbocycles. The van der Waals surface area contributed by atoms with Gasteiger partial charge >= 0.3 is 0 Å². The van der Waals surface area contributed by atoms with Gasteiger partial charge in [-0.05, 0) is 30.5 Å². The Bertz CT molecular complexity index is 502. The second kappa shape index (κ2) is 3.87. The van der Waals surface area contributed by atoms with Crippen LogP contribution in [0, 0.1) is 0 Å². The van der Waals surface area contributed by atoms with Crippen LogP contribution in [0.3, 0.4) is 0 Å². The molecule has 0 amide bonds. The summed E-state index contributed by atoms with van der Waals surface area (Å²) in [6.07, 6.45) is 7.62. The zero-order valence-electron chi connectivity index (χ0n) is 8.89. The lowest BCUT2D eigenvalue weighted by atomic mass is 9.82. The van der Waals surface area contributed by atoms with E-state index in [0.29, 0.717) is 11.0 Å². The number of hydrogen-bond donors (Lipinski definition) is 1. The summed E-state index contributed by atoms with van der Waals surface area (Å²) in [6.45, 7) is 0. The van der Waals surface area contributed by atoms with E-state index >= 15 is 0 Å². The molecule has 82 valence electrons. The maximum atomic E-state index is 5.64. The van der Waals surface area contributed by atoms with Crippen LogP contribution in [0.2, 0.25) is 0 Å². The first-order valence-corrected chi connectivity index (χ1v) is 6.32. The lowest BCUT2D eigenvalue weighted by Crippen LogP contribution is -2.10. The molecule has 3 rings (SSSR count). The van der Waals surface area contributed by atoms with Crippen molar-refractivity contribution in [1.29, 1.82) is 0 Å². The van der Waals surface area contributed by atoms with Crippen LogP contribution < -0.4 is 5.73 Å². The highest BCUT2D eigenvalue weighted by atomic mass is 32.1. The number of rotatable bonds is 2. The first kappa shape index (κ1) is 9.78. The predicted octanol–water partition coefficient (Wildman–Crippen LogP) is 3.05. The van der Waals surface area contributed by atoms with Crippen molar-refractivity contribution in [2.24, 2.45) is 0 Å². The van der Waals surface area contributed by atoms with Crippen LogP contribution in [0.5, 0.6) is 0 Å². The van der Waals surface area contributed by atoms with Crippen molar-refractivity contribution in [3.63, 3.8) is 0 Å². The normalized spacial score (nSPS) is 16.0. The number of nitrogens with two attached hydrogens (primary N) is 1. The van der Waals surface area contributed by atoms with Crippen molar-refractivity contribution < 1.29 is 0 Å². The zero-order chi connectivity index (χ0) is 11.0. The Morgan fingerprint density at radius 2 is 2.19 bits per heavy atom. The molecule has 0 aromatic carbocycles. The molecule has 2 aromatic rings. The van der Waals surface area contributed by atoms with E-state index in [1.165, 1.54) is 41.9 Å². The van der Waals surface area contributed by atoms with Crippen molar-refractivity contribution >= 4 is 16.5 Å². The minimum atomic E-state index is 0.622. The van der Waals surface area contributed by atoms with Crippen LogP contribution in [-0.4, -0.2) is 9.97 Å². The summed E-state index contributed by atoms with van der Waals surface area (Å²) in [5.74, 6) is 0.671. The first-order chi connectivity index (χ1) is 7.83. The number of anilines is 1. The van der Waals surface area contributed by atoms with Gasteiger partial charge in [0.25, 0.3) is 0 Å². The van der Waals surface area contributed by atoms with Crippen LogP contribution in [0.15, 0.2) is 24.5 Å². The number of thiazole rings is 1. The van der Waals surface area contributed by atoms with Gasteiger partial charge in [-0.15, -0.1) is 0 Å². The van der Waals surface area contributed by atoms with Gasteiger partial charge in [0.2, 0.25) is 0 Å². The second-order valence-corrected chi connectivity index (χ2v) is 5.22. The topological polar surface area (TPSA) is 51.8 Å². The fourth-order valence-electron chi connectivity index (χ4n) is 1.95. The highest BCUT2D eigenvalue weighted by Crippen LogP contribution is 2.37. The number of nitrogens with zero attached hydrogens (tertiary/aromatic N) is 2. The summed E-state index contributed by atoms with van der Waals surface area (Å²) in [7, 11) is 0. The van der Waals surface area contributed by atoms with Gasteiger partial charge in [0, 0.05) is 24.0 Å². The van der Waals surface area contributed by atoms with Crippen molar-refractivity contribution in [1.82, 2.24) is 9.97 Å². The lowest BCUT2D eigenvalue weighted by Gasteiger charge is -2.24. The molecule has 3 nitrogen and oxygen atoms in total. The minimum absolute atomic E-state index is 0.622. The fourth-order valence-corrected chi connectivity index (χ4v) is 2.63. The van der Waals surface area contributed by atoms with Crippen LogP contribution >= 0.6 is 11.3 Å². The van der Waals surface area contributed by atoms with Crippen LogP contribution in [0.1, 0.15) is 30.9 Å². The van der Waals surface area contributed by atoms with E-state index in [1.807, 2.05) is 18.5 Å². The van der Waals surface area contributed by atoms with E-state index < -0.39 is 0 Å². The van der Waals surface area contributed by atoms with E-state index in [-0.39, 0.29) is 0 Å². The molecule has 2 N–H and O–H groups in total. The zero-order valence-corrected chi connectivity index (χ0v) is 9.70. The Hall–Kier alpha value is -1.42. The molecule has 0 unspecified atom stereocenters. The molecule has 1 fully saturated rings. The van der Waals surface area contributed by atoms with E-state index in [1.54, 1.807) is 0 Å². The lowest BCUT2D eigenvalue weighted by molar-refractivity contribution is 0.411. The van der Waals surface area contributed by atoms with E-state index in [4.69, 9.17) is 5.73 Å². The summed E-state index contributed by atoms with van der Waals surface area (Å²) in [5, 5.41) is 0.622. The van der Waals surface area contributed by atoms with Crippen LogP contribution in [0.25, 0.3) is 10.4 Å². The molecule has 0 spiro atoms. The molecule has 1 aliphatic rings. The number of nitrogen functional groups attached to an aromatic ring is 1. The van der Waals surface area contributed by atoms with Gasteiger partial charge in [0.15, 0.2) is 5.13 Å². The van der Waals surface area contributed by atoms with Gasteiger partial charge in [-0.3, -0.25) is 4.98 Å². The van der Waals surface area contributed by atoms with Crippen molar-refractivity contribution in [3.05, 3.63) is 30.2 Å². The highest BCUT2D eigenvalue weighted by Gasteiger charge is 2.21. The summed E-state index contributed by atoms with van der Waals surface area (Å²) < 4.78 is 0. The number of hydrogen-bond acceptors (Lipinski definition) is 4. The van der Waals surface area contributed by atoms with Gasteiger partial charge in [-0.2, -0.15) is 0 Å². The van der Waals surface area contributed by atoms with Gasteiger partial charge in [0.05, 0.1) is 4.88 Å². The smallest absolute Gasteiger partial charge is 0.180 e. The Labute approximate surface area is 98.4 Å². The standard InChI is InChI=1S/C12H13N3S/c13-12-15-7-11(16-12)9-4-5-14-10(6-9)8-2-1-3-8/h4-8H,1-3H2,(H2,13,15). The quantitative estimate of drug-likeness (QED) is 0.864. The molecule has 0 saturated heterocycles. The van der Waals surface area contributed by atoms with Gasteiger partial charge in [-0.1, -0.05) is 17.8 Å². The highest BCUT2D eigenvalue weighted by molar-refractivity contribution is 7.18. The third-order valence-electron chi connectivity index (χ3n) is 3.11. The summed E-state index contributed by atoms with van der Waals surface area (Å²) >= 11 is 1.53. The fraction of sp³-hybridized carbons (Fsp3) is 0.333. The summed E-state index contributed by atoms with van der Waals surface area (Å²) in [6, 6.07) is 4.20. The van der Waals surface area contributed by atoms with Gasteiger partial charge < -0.3 is 5.73 Å². The number of pyridine rings is 1. The Morgan fingerprint density at radius 3 is 2.81 bits per heavy atom. The van der Waals surface area contributed by atoms with Crippen molar-refractivity contribution in [3.8, 4) is 10.4 Å². The third kappa shape index (κ3) is 1.69. The molecule has 1 saturated carbocycles. The molecule has 0 aliphatic heterocycles. The molecular formula is C12H13N3S. The molecule has 0 atom stereocenters. The summed E-state index contributed by atoms with van der Waals surface area (Å²) in [4.78, 5) is 9.65. The maximum absolute atomic E-state index is 5.64. The Morgan fingerprint density at radius 1 is 1.31 bits per heavy atom. The summed E-state index contributed by atoms with van der Waals surface area (Å²) in [5.41, 5.74) is 8.05. The SMILES string of the molecule is Nc1ncc(-c2ccnc(C3CCC3)c2)s1. The Kier molecular flexibility index (Phi) is 2.36. The van der Waals surface area contributed by atoms with E-state index in [2.05, 4.69) is 16.0 Å². The van der Waals surface area contributed by atoms with Gasteiger partial charge in [-0.25, -0.2) is 4.98 Å². The molecule has 16 heavy (non-hydrogen) atoms. The average molecular weight is 231 g/mol. The molecule has 0 radical (unpaired) electrons. The van der Waals surface area contributed by atoms with Crippen LogP contribution in [-0.2, 0) is 0 Å². The van der Waals surface area contributed by atoms with Gasteiger partial charge in [0.1, 0.15) is 0 Å². The number of aromatic nitrogens is 2. The van der Waals surface area contributed by atoms with Crippen LogP contribution in [0.4, 0.5) is 5.13 Å². The predicted molar refractivity (Wildman–Crippen MR) is 66.3 cm³/mol. The molecular weight excluding hydrogens is 218 g/mol. The largest absolute Gasteiger partial charge is 0.375 e. The second-order valence-electron chi connectivity index (χ2n) is 4.16. The van der Waals surface area contributed by atoms with Crippen molar-refractivity contribution in [2.75, 3.05) is 5.73 Å². The monoisotopic (exact) mass is 231 g/mol. The molecule has 2 aromatic heterocycles. The van der Waals surface area contributed by atoms with E-state index in [0.717, 1.165) is 4.88 Å². The maximum Gasteiger partial charge on any atom is 0.180 e.